The SMILES string of the molecule is COC(=O)C1=C(C2CCN(S(=O)(=O)C3CC(C)(C(=O)OCCSI)C3)CC2)NC(c2nccs2)=NC1c1cccc(F)c1Br. The number of carbonyl (C=O) groups excluding carboxylic acids is 2. The second-order valence-electron chi connectivity index (χ2n) is 11.1. The third-order valence-electron chi connectivity index (χ3n) is 8.28. The highest BCUT2D eigenvalue weighted by Crippen LogP contribution is 2.47. The highest BCUT2D eigenvalue weighted by atomic mass is 127. The van der Waals surface area contributed by atoms with Crippen LogP contribution in [0.4, 0.5) is 4.39 Å². The lowest BCUT2D eigenvalue weighted by molar-refractivity contribution is -0.159. The van der Waals surface area contributed by atoms with Crippen LogP contribution in [-0.2, 0) is 29.1 Å². The fraction of sp³-hybridized carbons (Fsp3) is 0.500. The molecule has 238 valence electrons. The van der Waals surface area contributed by atoms with Crippen LogP contribution in [0.15, 0.2) is 50.5 Å². The summed E-state index contributed by atoms with van der Waals surface area (Å²) in [6.07, 6.45) is 2.97. The molecule has 1 unspecified atom stereocenters. The van der Waals surface area contributed by atoms with Gasteiger partial charge in [0.05, 0.1) is 27.8 Å². The maximum absolute atomic E-state index is 14.6. The second kappa shape index (κ2) is 14.0. The number of carbonyl (C=O) groups is 2. The lowest BCUT2D eigenvalue weighted by atomic mass is 9.70. The van der Waals surface area contributed by atoms with Gasteiger partial charge in [-0.25, -0.2) is 26.9 Å². The normalized spacial score (nSPS) is 24.7. The Balaban J connectivity index is 1.37. The van der Waals surface area contributed by atoms with Crippen molar-refractivity contribution in [2.75, 3.05) is 32.6 Å². The average molecular weight is 842 g/mol. The minimum absolute atomic E-state index is 0.191. The van der Waals surface area contributed by atoms with E-state index >= 15 is 0 Å². The van der Waals surface area contributed by atoms with Crippen LogP contribution < -0.4 is 5.32 Å². The first-order chi connectivity index (χ1) is 21.0. The molecular weight excluding hydrogens is 810 g/mol. The number of aliphatic imine (C=N–C) groups is 1. The predicted octanol–water partition coefficient (Wildman–Crippen LogP) is 5.40. The van der Waals surface area contributed by atoms with Gasteiger partial charge in [-0.2, -0.15) is 0 Å². The molecule has 0 bridgehead atoms. The van der Waals surface area contributed by atoms with E-state index in [0.29, 0.717) is 47.3 Å². The molecule has 2 aliphatic heterocycles. The minimum atomic E-state index is -3.64. The van der Waals surface area contributed by atoms with Crippen LogP contribution >= 0.6 is 57.4 Å². The number of rotatable bonds is 10. The molecule has 1 aromatic carbocycles. The van der Waals surface area contributed by atoms with E-state index in [2.05, 4.69) is 47.4 Å². The molecule has 2 aromatic rings. The maximum atomic E-state index is 14.6. The number of thiazole rings is 1. The van der Waals surface area contributed by atoms with Crippen LogP contribution in [0, 0.1) is 17.2 Å². The van der Waals surface area contributed by atoms with Crippen LogP contribution in [0.1, 0.15) is 49.2 Å². The standard InChI is InChI=1S/C28H31BrFIN4O6S3/c1-28(27(37)41-11-13-43-31)14-17(15-28)44(38,39)35-9-6-16(7-10-35)22-20(26(36)40-2)23(18-4-3-5-19(30)21(18)29)34-24(33-22)25-32-8-12-42-25/h3-5,8,12,16-17,23H,6-7,9-11,13-15H2,1-2H3,(H,33,34). The topological polar surface area (TPSA) is 127 Å². The monoisotopic (exact) mass is 840 g/mol. The number of nitrogens with zero attached hydrogens (tertiary/aromatic N) is 3. The number of allylic oxidation sites excluding steroid dienone is 1. The number of nitrogens with one attached hydrogen (secondary N) is 1. The van der Waals surface area contributed by atoms with Crippen LogP contribution in [0.5, 0.6) is 0 Å². The number of halogens is 3. The number of amidine groups is 1. The Labute approximate surface area is 284 Å². The lowest BCUT2D eigenvalue weighted by Gasteiger charge is -2.45. The van der Waals surface area contributed by atoms with Crippen molar-refractivity contribution in [2.45, 2.75) is 43.9 Å². The number of piperidine rings is 1. The van der Waals surface area contributed by atoms with Crippen LogP contribution in [0.2, 0.25) is 0 Å². The molecule has 3 aliphatic rings. The fourth-order valence-corrected chi connectivity index (χ4v) is 9.95. The van der Waals surface area contributed by atoms with E-state index in [1.165, 1.54) is 28.8 Å². The Morgan fingerprint density at radius 1 is 1.30 bits per heavy atom. The van der Waals surface area contributed by atoms with Gasteiger partial charge in [-0.1, -0.05) is 21.1 Å². The molecule has 3 heterocycles. The van der Waals surface area contributed by atoms with Crippen molar-refractivity contribution >= 4 is 85.2 Å². The van der Waals surface area contributed by atoms with Gasteiger partial charge in [-0.05, 0) is 81.4 Å². The molecule has 0 spiro atoms. The quantitative estimate of drug-likeness (QED) is 0.190. The number of hydrogen-bond acceptors (Lipinski definition) is 11. The van der Waals surface area contributed by atoms with E-state index in [4.69, 9.17) is 14.5 Å². The van der Waals surface area contributed by atoms with Gasteiger partial charge in [-0.15, -0.1) is 11.3 Å². The molecule has 1 saturated heterocycles. The first-order valence-electron chi connectivity index (χ1n) is 13.9. The van der Waals surface area contributed by atoms with Gasteiger partial charge in [0.25, 0.3) is 0 Å². The van der Waals surface area contributed by atoms with Crippen molar-refractivity contribution in [1.29, 1.82) is 0 Å². The minimum Gasteiger partial charge on any atom is -0.466 e. The summed E-state index contributed by atoms with van der Waals surface area (Å²) in [5.41, 5.74) is 0.468. The van der Waals surface area contributed by atoms with Crippen molar-refractivity contribution in [3.63, 3.8) is 0 Å². The molecule has 0 amide bonds. The van der Waals surface area contributed by atoms with Gasteiger partial charge in [0.15, 0.2) is 10.8 Å². The zero-order valence-electron chi connectivity index (χ0n) is 23.9. The van der Waals surface area contributed by atoms with Gasteiger partial charge >= 0.3 is 11.9 Å². The number of benzene rings is 1. The molecule has 10 nitrogen and oxygen atoms in total. The third-order valence-corrected chi connectivity index (χ3v) is 13.8. The van der Waals surface area contributed by atoms with Crippen molar-refractivity contribution in [3.05, 3.63) is 61.9 Å². The van der Waals surface area contributed by atoms with Crippen LogP contribution in [0.25, 0.3) is 0 Å². The van der Waals surface area contributed by atoms with Crippen molar-refractivity contribution in [2.24, 2.45) is 16.3 Å². The molecule has 1 N–H and O–H groups in total. The summed E-state index contributed by atoms with van der Waals surface area (Å²) in [4.78, 5) is 35.0. The first kappa shape index (κ1) is 33.8. The van der Waals surface area contributed by atoms with Crippen molar-refractivity contribution in [1.82, 2.24) is 14.6 Å². The summed E-state index contributed by atoms with van der Waals surface area (Å²) in [5, 5.41) is 5.08. The predicted molar refractivity (Wildman–Crippen MR) is 179 cm³/mol. The van der Waals surface area contributed by atoms with Gasteiger partial charge in [-0.3, -0.25) is 9.79 Å². The number of methoxy groups -OCH3 is 1. The largest absolute Gasteiger partial charge is 0.466 e. The summed E-state index contributed by atoms with van der Waals surface area (Å²) in [6.45, 7) is 2.55. The Bertz CT molecular complexity index is 1580. The smallest absolute Gasteiger partial charge is 0.338 e. The van der Waals surface area contributed by atoms with Crippen molar-refractivity contribution < 1.29 is 31.9 Å². The number of ether oxygens (including phenoxy) is 2. The molecule has 0 radical (unpaired) electrons. The summed E-state index contributed by atoms with van der Waals surface area (Å²) in [5.74, 6) is -0.556. The van der Waals surface area contributed by atoms with Crippen LogP contribution in [-0.4, -0.2) is 73.3 Å². The third kappa shape index (κ3) is 6.75. The summed E-state index contributed by atoms with van der Waals surface area (Å²) in [6, 6.07) is 3.69. The van der Waals surface area contributed by atoms with E-state index in [-0.39, 0.29) is 47.9 Å². The Hall–Kier alpha value is -1.60. The fourth-order valence-electron chi connectivity index (χ4n) is 5.90. The molecule has 1 atom stereocenters. The molecule has 1 aliphatic carbocycles. The highest BCUT2D eigenvalue weighted by molar-refractivity contribution is 14.2. The van der Waals surface area contributed by atoms with Crippen LogP contribution in [0.3, 0.4) is 0 Å². The van der Waals surface area contributed by atoms with E-state index < -0.39 is 38.5 Å². The maximum Gasteiger partial charge on any atom is 0.338 e. The number of esters is 2. The van der Waals surface area contributed by atoms with Crippen molar-refractivity contribution in [3.8, 4) is 0 Å². The highest BCUT2D eigenvalue weighted by Gasteiger charge is 2.54. The van der Waals surface area contributed by atoms with E-state index in [9.17, 15) is 22.4 Å². The van der Waals surface area contributed by atoms with Gasteiger partial charge in [0.2, 0.25) is 10.0 Å². The molecule has 1 aromatic heterocycles. The molecule has 16 heteroatoms. The summed E-state index contributed by atoms with van der Waals surface area (Å²) in [7, 11) is -0.813. The zero-order valence-corrected chi connectivity index (χ0v) is 30.1. The number of hydrogen-bond donors (Lipinski definition) is 1. The Morgan fingerprint density at radius 2 is 2.02 bits per heavy atom. The summed E-state index contributed by atoms with van der Waals surface area (Å²) < 4.78 is 54.0. The van der Waals surface area contributed by atoms with Gasteiger partial charge < -0.3 is 14.8 Å². The Morgan fingerprint density at radius 3 is 2.66 bits per heavy atom. The summed E-state index contributed by atoms with van der Waals surface area (Å²) >= 11 is 6.84. The zero-order chi connectivity index (χ0) is 31.6. The number of aromatic nitrogens is 1. The molecule has 5 rings (SSSR count). The molecule has 44 heavy (non-hydrogen) atoms. The van der Waals surface area contributed by atoms with E-state index in [1.54, 1.807) is 34.2 Å². The van der Waals surface area contributed by atoms with E-state index in [1.807, 2.05) is 5.38 Å². The van der Waals surface area contributed by atoms with E-state index in [0.717, 1.165) is 0 Å². The second-order valence-corrected chi connectivity index (χ2v) is 17.5. The first-order valence-corrected chi connectivity index (χ1v) is 20.6. The average Bonchev–Trinajstić information content (AvgIpc) is 3.55. The molecule has 1 saturated carbocycles. The van der Waals surface area contributed by atoms with Gasteiger partial charge in [0.1, 0.15) is 18.5 Å². The van der Waals surface area contributed by atoms with Gasteiger partial charge in [0, 0.05) is 42.0 Å². The lowest BCUT2D eigenvalue weighted by Crippen LogP contribution is -2.54. The Kier molecular flexibility index (Phi) is 10.8. The molecule has 2 fully saturated rings. The molecular formula is C28H31BrFIN4O6S3. The number of sulfonamides is 1.